The summed E-state index contributed by atoms with van der Waals surface area (Å²) in [4.78, 5) is 12.3. The van der Waals surface area contributed by atoms with E-state index >= 15 is 0 Å². The molecule has 0 aliphatic carbocycles. The fourth-order valence-electron chi connectivity index (χ4n) is 2.40. The lowest BCUT2D eigenvalue weighted by molar-refractivity contribution is -0.139. The first kappa shape index (κ1) is 17.2. The quantitative estimate of drug-likeness (QED) is 0.839. The normalized spacial score (nSPS) is 17.6. The summed E-state index contributed by atoms with van der Waals surface area (Å²) in [5.41, 5.74) is 6.63. The molecule has 2 rings (SSSR count). The predicted octanol–water partition coefficient (Wildman–Crippen LogP) is 3.64. The molecule has 0 bridgehead atoms. The second kappa shape index (κ2) is 6.95. The van der Waals surface area contributed by atoms with E-state index in [0.717, 1.165) is 0 Å². The van der Waals surface area contributed by atoms with Crippen molar-refractivity contribution in [2.24, 2.45) is 5.73 Å². The standard InChI is InChI=1S/C16H14Cl2N2O3/c1-3-22-16(21)13-8(2)23-15(20)11(7-19)14(13)10-5-4-9(17)6-12(10)18/h4-6,14H,3,20H2,1-2H3/t14-/m0/s1. The van der Waals surface area contributed by atoms with Crippen LogP contribution in [0, 0.1) is 11.3 Å². The first-order valence-corrected chi connectivity index (χ1v) is 7.56. The summed E-state index contributed by atoms with van der Waals surface area (Å²) in [7, 11) is 0. The van der Waals surface area contributed by atoms with Gasteiger partial charge in [-0.1, -0.05) is 29.3 Å². The van der Waals surface area contributed by atoms with Crippen LogP contribution in [0.5, 0.6) is 0 Å². The lowest BCUT2D eigenvalue weighted by Crippen LogP contribution is -2.25. The van der Waals surface area contributed by atoms with Crippen LogP contribution in [0.4, 0.5) is 0 Å². The van der Waals surface area contributed by atoms with E-state index in [4.69, 9.17) is 38.4 Å². The van der Waals surface area contributed by atoms with Crippen molar-refractivity contribution >= 4 is 29.2 Å². The monoisotopic (exact) mass is 352 g/mol. The van der Waals surface area contributed by atoms with Gasteiger partial charge in [0.2, 0.25) is 5.88 Å². The Bertz CT molecular complexity index is 763. The molecule has 0 spiro atoms. The van der Waals surface area contributed by atoms with Crippen molar-refractivity contribution in [2.45, 2.75) is 19.8 Å². The zero-order valence-corrected chi connectivity index (χ0v) is 14.0. The average Bonchev–Trinajstić information content (AvgIpc) is 2.46. The van der Waals surface area contributed by atoms with Crippen LogP contribution in [0.3, 0.4) is 0 Å². The number of halogens is 2. The Kier molecular flexibility index (Phi) is 5.19. The summed E-state index contributed by atoms with van der Waals surface area (Å²) in [5.74, 6) is -1.14. The maximum atomic E-state index is 12.3. The molecule has 0 radical (unpaired) electrons. The number of benzene rings is 1. The molecule has 0 aromatic heterocycles. The van der Waals surface area contributed by atoms with Crippen molar-refractivity contribution in [1.29, 1.82) is 5.26 Å². The first-order chi connectivity index (χ1) is 10.9. The highest BCUT2D eigenvalue weighted by atomic mass is 35.5. The maximum Gasteiger partial charge on any atom is 0.338 e. The van der Waals surface area contributed by atoms with Gasteiger partial charge in [0.05, 0.1) is 18.1 Å². The molecule has 1 aromatic rings. The van der Waals surface area contributed by atoms with Gasteiger partial charge in [-0.15, -0.1) is 0 Å². The van der Waals surface area contributed by atoms with Gasteiger partial charge in [-0.05, 0) is 31.5 Å². The fourth-order valence-corrected chi connectivity index (χ4v) is 2.92. The second-order valence-electron chi connectivity index (χ2n) is 4.78. The second-order valence-corrected chi connectivity index (χ2v) is 5.62. The molecule has 1 atom stereocenters. The number of nitriles is 1. The summed E-state index contributed by atoms with van der Waals surface area (Å²) in [6.45, 7) is 3.47. The molecule has 0 unspecified atom stereocenters. The largest absolute Gasteiger partial charge is 0.463 e. The van der Waals surface area contributed by atoms with Crippen LogP contribution in [0.1, 0.15) is 25.3 Å². The van der Waals surface area contributed by atoms with Gasteiger partial charge in [-0.2, -0.15) is 5.26 Å². The SMILES string of the molecule is CCOC(=O)C1=C(C)OC(N)=C(C#N)[C@@H]1c1ccc(Cl)cc1Cl. The number of rotatable bonds is 3. The molecule has 23 heavy (non-hydrogen) atoms. The smallest absolute Gasteiger partial charge is 0.338 e. The highest BCUT2D eigenvalue weighted by Crippen LogP contribution is 2.42. The van der Waals surface area contributed by atoms with Crippen molar-refractivity contribution < 1.29 is 14.3 Å². The Labute approximate surface area is 143 Å². The van der Waals surface area contributed by atoms with E-state index in [-0.39, 0.29) is 29.4 Å². The summed E-state index contributed by atoms with van der Waals surface area (Å²) >= 11 is 12.2. The Balaban J connectivity index is 2.66. The Morgan fingerprint density at radius 3 is 2.74 bits per heavy atom. The van der Waals surface area contributed by atoms with Gasteiger partial charge in [0, 0.05) is 10.0 Å². The minimum absolute atomic E-state index is 0.0611. The van der Waals surface area contributed by atoms with Crippen LogP contribution in [0.15, 0.2) is 41.0 Å². The number of carbonyl (C=O) groups excluding carboxylic acids is 1. The molecule has 1 heterocycles. The Morgan fingerprint density at radius 2 is 2.17 bits per heavy atom. The molecule has 1 aliphatic rings. The van der Waals surface area contributed by atoms with Gasteiger partial charge < -0.3 is 15.2 Å². The third-order valence-electron chi connectivity index (χ3n) is 3.37. The van der Waals surface area contributed by atoms with Gasteiger partial charge in [-0.25, -0.2) is 4.79 Å². The zero-order chi connectivity index (χ0) is 17.1. The summed E-state index contributed by atoms with van der Waals surface area (Å²) in [6.07, 6.45) is 0. The third kappa shape index (κ3) is 3.29. The molecular formula is C16H14Cl2N2O3. The van der Waals surface area contributed by atoms with E-state index in [0.29, 0.717) is 15.6 Å². The number of esters is 1. The van der Waals surface area contributed by atoms with Crippen LogP contribution in [0.2, 0.25) is 10.0 Å². The zero-order valence-electron chi connectivity index (χ0n) is 12.5. The van der Waals surface area contributed by atoms with E-state index in [1.165, 1.54) is 6.07 Å². The number of hydrogen-bond acceptors (Lipinski definition) is 5. The Morgan fingerprint density at radius 1 is 1.48 bits per heavy atom. The molecule has 0 saturated carbocycles. The van der Waals surface area contributed by atoms with Gasteiger partial charge in [-0.3, -0.25) is 0 Å². The van der Waals surface area contributed by atoms with Gasteiger partial charge in [0.25, 0.3) is 0 Å². The minimum Gasteiger partial charge on any atom is -0.463 e. The molecule has 120 valence electrons. The van der Waals surface area contributed by atoms with Crippen LogP contribution in [0.25, 0.3) is 0 Å². The number of allylic oxidation sites excluding steroid dienone is 2. The van der Waals surface area contributed by atoms with E-state index < -0.39 is 11.9 Å². The van der Waals surface area contributed by atoms with E-state index in [2.05, 4.69) is 0 Å². The van der Waals surface area contributed by atoms with Crippen molar-refractivity contribution in [1.82, 2.24) is 0 Å². The summed E-state index contributed by atoms with van der Waals surface area (Å²) < 4.78 is 10.4. The molecule has 0 saturated heterocycles. The number of hydrogen-bond donors (Lipinski definition) is 1. The number of ether oxygens (including phenoxy) is 2. The topological polar surface area (TPSA) is 85.3 Å². The molecule has 0 fully saturated rings. The molecule has 1 aromatic carbocycles. The van der Waals surface area contributed by atoms with Gasteiger partial charge >= 0.3 is 5.97 Å². The van der Waals surface area contributed by atoms with E-state index in [1.807, 2.05) is 6.07 Å². The average molecular weight is 353 g/mol. The first-order valence-electron chi connectivity index (χ1n) is 6.81. The molecule has 1 aliphatic heterocycles. The van der Waals surface area contributed by atoms with Crippen LogP contribution in [-0.2, 0) is 14.3 Å². The molecule has 0 amide bonds. The van der Waals surface area contributed by atoms with E-state index in [9.17, 15) is 10.1 Å². The van der Waals surface area contributed by atoms with Crippen molar-refractivity contribution in [2.75, 3.05) is 6.61 Å². The van der Waals surface area contributed by atoms with Crippen molar-refractivity contribution in [3.63, 3.8) is 0 Å². The third-order valence-corrected chi connectivity index (χ3v) is 3.94. The van der Waals surface area contributed by atoms with E-state index in [1.54, 1.807) is 26.0 Å². The number of nitrogens with two attached hydrogens (primary N) is 1. The molecule has 5 nitrogen and oxygen atoms in total. The maximum absolute atomic E-state index is 12.3. The summed E-state index contributed by atoms with van der Waals surface area (Å²) in [5, 5.41) is 10.2. The van der Waals surface area contributed by atoms with Crippen LogP contribution < -0.4 is 5.73 Å². The number of nitrogens with zero attached hydrogens (tertiary/aromatic N) is 1. The fraction of sp³-hybridized carbons (Fsp3) is 0.250. The number of carbonyl (C=O) groups is 1. The minimum atomic E-state index is -0.766. The molecule has 7 heteroatoms. The van der Waals surface area contributed by atoms with Crippen molar-refractivity contribution in [3.8, 4) is 6.07 Å². The lowest BCUT2D eigenvalue weighted by Gasteiger charge is -2.27. The van der Waals surface area contributed by atoms with Crippen LogP contribution in [-0.4, -0.2) is 12.6 Å². The molecule has 2 N–H and O–H groups in total. The van der Waals surface area contributed by atoms with Gasteiger partial charge in [0.1, 0.15) is 17.4 Å². The predicted molar refractivity (Wildman–Crippen MR) is 86.4 cm³/mol. The van der Waals surface area contributed by atoms with Gasteiger partial charge in [0.15, 0.2) is 0 Å². The van der Waals surface area contributed by atoms with Crippen LogP contribution >= 0.6 is 23.2 Å². The highest BCUT2D eigenvalue weighted by Gasteiger charge is 2.37. The summed E-state index contributed by atoms with van der Waals surface area (Å²) in [6, 6.07) is 6.80. The molecular weight excluding hydrogens is 339 g/mol. The highest BCUT2D eigenvalue weighted by molar-refractivity contribution is 6.35. The van der Waals surface area contributed by atoms with Crippen molar-refractivity contribution in [3.05, 3.63) is 56.6 Å². The lowest BCUT2D eigenvalue weighted by atomic mass is 9.83. The Hall–Kier alpha value is -2.16.